The van der Waals surface area contributed by atoms with Gasteiger partial charge in [0.15, 0.2) is 0 Å². The summed E-state index contributed by atoms with van der Waals surface area (Å²) in [6, 6.07) is 47.0. The molecule has 6 aromatic carbocycles. The van der Waals surface area contributed by atoms with Crippen molar-refractivity contribution in [3.8, 4) is 0 Å². The van der Waals surface area contributed by atoms with Crippen molar-refractivity contribution in [2.45, 2.75) is 13.8 Å². The molecule has 34 heavy (non-hydrogen) atoms. The standard InChI is InChI=1S/C12H11Si.2C10H9.Zr/c1-3-7-11(8-4-1)13-12-9-5-2-6-10-12;2*1-8-6-9-4-2-3-5-10(9)7-8;/h1-10,13H;2*2-7H,1H3;/q;2*-1;+2. The molecule has 0 unspecified atom stereocenters. The maximum atomic E-state index is 2.20. The van der Waals surface area contributed by atoms with Gasteiger partial charge in [-0.05, 0) is 0 Å². The van der Waals surface area contributed by atoms with Crippen LogP contribution in [0.15, 0.2) is 133 Å². The van der Waals surface area contributed by atoms with E-state index in [-0.39, 0.29) is 35.7 Å². The molecule has 0 nitrogen and oxygen atoms in total. The van der Waals surface area contributed by atoms with Gasteiger partial charge in [0.25, 0.3) is 0 Å². The van der Waals surface area contributed by atoms with Crippen LogP contribution in [0.2, 0.25) is 0 Å². The molecular formula is C32H29SiZr. The summed E-state index contributed by atoms with van der Waals surface area (Å²) in [4.78, 5) is 0. The Morgan fingerprint density at radius 1 is 0.471 bits per heavy atom. The summed E-state index contributed by atoms with van der Waals surface area (Å²) >= 11 is 0. The van der Waals surface area contributed by atoms with Crippen molar-refractivity contribution in [3.05, 3.63) is 145 Å². The van der Waals surface area contributed by atoms with Crippen LogP contribution >= 0.6 is 0 Å². The molecule has 0 saturated heterocycles. The normalized spacial score (nSPS) is 9.94. The van der Waals surface area contributed by atoms with Crippen LogP contribution in [0.5, 0.6) is 0 Å². The van der Waals surface area contributed by atoms with Crippen LogP contribution < -0.4 is 10.4 Å². The molecule has 1 radical (unpaired) electrons. The van der Waals surface area contributed by atoms with Gasteiger partial charge in [0, 0.05) is 0 Å². The van der Waals surface area contributed by atoms with Gasteiger partial charge in [-0.25, -0.2) is 0 Å². The average molecular weight is 533 g/mol. The van der Waals surface area contributed by atoms with E-state index < -0.39 is 0 Å². The summed E-state index contributed by atoms with van der Waals surface area (Å²) in [5.41, 5.74) is 2.70. The molecule has 0 aromatic heterocycles. The third-order valence-corrected chi connectivity index (χ3v) is 6.89. The Bertz CT molecular complexity index is 1220. The van der Waals surface area contributed by atoms with Crippen molar-refractivity contribution in [2.75, 3.05) is 0 Å². The molecule has 0 bridgehead atoms. The van der Waals surface area contributed by atoms with E-state index in [1.54, 1.807) is 0 Å². The van der Waals surface area contributed by atoms with E-state index in [0.717, 1.165) is 0 Å². The Balaban J connectivity index is 0.000000142. The zero-order valence-electron chi connectivity index (χ0n) is 19.8. The monoisotopic (exact) mass is 531 g/mol. The molecular weight excluding hydrogens is 504 g/mol. The Kier molecular flexibility index (Phi) is 10.0. The molecule has 0 N–H and O–H groups in total. The van der Waals surface area contributed by atoms with E-state index in [1.165, 1.54) is 43.0 Å². The maximum absolute atomic E-state index is 2.20. The predicted octanol–water partition coefficient (Wildman–Crippen LogP) is 6.81. The van der Waals surface area contributed by atoms with E-state index in [9.17, 15) is 0 Å². The fourth-order valence-corrected chi connectivity index (χ4v) is 5.12. The molecule has 6 rings (SSSR count). The number of fused-ring (bicyclic) bond motifs is 2. The quantitative estimate of drug-likeness (QED) is 0.170. The fraction of sp³-hybridized carbons (Fsp3) is 0.0625. The second-order valence-corrected chi connectivity index (χ2v) is 9.91. The first kappa shape index (κ1) is 25.8. The van der Waals surface area contributed by atoms with E-state index in [1.807, 2.05) is 0 Å². The number of hydrogen-bond donors (Lipinski definition) is 0. The second kappa shape index (κ2) is 13.2. The van der Waals surface area contributed by atoms with Crippen molar-refractivity contribution in [2.24, 2.45) is 0 Å². The SMILES string of the molecule is Cc1cc2ccccc2[cH-]1.Cc1cc2ccccc2[cH-]1.[Zr+2].c1ccc([SiH]c2ccccc2)cc1. The molecule has 0 atom stereocenters. The first-order valence-electron chi connectivity index (χ1n) is 11.4. The summed E-state index contributed by atoms with van der Waals surface area (Å²) in [6.45, 7) is 4.25. The molecule has 0 heterocycles. The van der Waals surface area contributed by atoms with Gasteiger partial charge in [0.1, 0.15) is 9.52 Å². The Labute approximate surface area is 225 Å². The molecule has 0 fully saturated rings. The molecule has 0 aliphatic carbocycles. The molecule has 0 saturated carbocycles. The zero-order chi connectivity index (χ0) is 22.9. The average Bonchev–Trinajstić information content (AvgIpc) is 3.41. The van der Waals surface area contributed by atoms with Crippen LogP contribution in [-0.4, -0.2) is 9.52 Å². The van der Waals surface area contributed by atoms with E-state index >= 15 is 0 Å². The summed E-state index contributed by atoms with van der Waals surface area (Å²) in [7, 11) is 0.271. The Morgan fingerprint density at radius 3 is 1.21 bits per heavy atom. The summed E-state index contributed by atoms with van der Waals surface area (Å²) < 4.78 is 0. The third kappa shape index (κ3) is 7.62. The third-order valence-electron chi connectivity index (χ3n) is 5.46. The number of rotatable bonds is 2. The molecule has 6 aromatic rings. The summed E-state index contributed by atoms with van der Waals surface area (Å²) in [5.74, 6) is 0. The van der Waals surface area contributed by atoms with Crippen LogP contribution in [0.4, 0.5) is 0 Å². The Morgan fingerprint density at radius 2 is 0.824 bits per heavy atom. The molecule has 0 spiro atoms. The van der Waals surface area contributed by atoms with Crippen LogP contribution in [-0.2, 0) is 26.2 Å². The van der Waals surface area contributed by atoms with Crippen LogP contribution in [0.25, 0.3) is 21.5 Å². The van der Waals surface area contributed by atoms with Crippen molar-refractivity contribution >= 4 is 41.4 Å². The number of hydrogen-bond acceptors (Lipinski definition) is 0. The van der Waals surface area contributed by atoms with Crippen LogP contribution in [0, 0.1) is 13.8 Å². The van der Waals surface area contributed by atoms with Crippen molar-refractivity contribution in [3.63, 3.8) is 0 Å². The van der Waals surface area contributed by atoms with Gasteiger partial charge >= 0.3 is 26.2 Å². The van der Waals surface area contributed by atoms with E-state index in [2.05, 4.69) is 147 Å². The van der Waals surface area contributed by atoms with Crippen LogP contribution in [0.3, 0.4) is 0 Å². The van der Waals surface area contributed by atoms with Gasteiger partial charge < -0.3 is 0 Å². The predicted molar refractivity (Wildman–Crippen MR) is 148 cm³/mol. The van der Waals surface area contributed by atoms with Crippen LogP contribution in [0.1, 0.15) is 11.1 Å². The molecule has 0 aliphatic rings. The minimum absolute atomic E-state index is 0. The summed E-state index contributed by atoms with van der Waals surface area (Å²) in [5, 5.41) is 8.29. The minimum Gasteiger partial charge on any atom is -0.165 e. The topological polar surface area (TPSA) is 0 Å². The van der Waals surface area contributed by atoms with Gasteiger partial charge in [-0.1, -0.05) is 97.0 Å². The molecule has 2 heteroatoms. The molecule has 165 valence electrons. The molecule has 0 amide bonds. The van der Waals surface area contributed by atoms with E-state index in [0.29, 0.717) is 0 Å². The van der Waals surface area contributed by atoms with Gasteiger partial charge in [0.2, 0.25) is 0 Å². The van der Waals surface area contributed by atoms with Gasteiger partial charge in [-0.2, -0.15) is 12.1 Å². The van der Waals surface area contributed by atoms with E-state index in [4.69, 9.17) is 0 Å². The first-order valence-corrected chi connectivity index (χ1v) is 12.5. The van der Waals surface area contributed by atoms with Crippen molar-refractivity contribution < 1.29 is 26.2 Å². The number of aryl methyl sites for hydroxylation is 2. The first-order chi connectivity index (χ1) is 16.2. The fourth-order valence-electron chi connectivity index (χ4n) is 3.90. The largest absolute Gasteiger partial charge is 2.00 e. The maximum Gasteiger partial charge on any atom is 2.00 e. The zero-order valence-corrected chi connectivity index (χ0v) is 23.4. The van der Waals surface area contributed by atoms with Gasteiger partial charge in [-0.15, -0.1) is 81.2 Å². The molecule has 0 aliphatic heterocycles. The van der Waals surface area contributed by atoms with Crippen molar-refractivity contribution in [1.82, 2.24) is 0 Å². The minimum atomic E-state index is 0. The smallest absolute Gasteiger partial charge is 0.165 e. The summed E-state index contributed by atoms with van der Waals surface area (Å²) in [6.07, 6.45) is 0. The van der Waals surface area contributed by atoms with Gasteiger partial charge in [-0.3, -0.25) is 0 Å². The van der Waals surface area contributed by atoms with Gasteiger partial charge in [0.05, 0.1) is 0 Å². The van der Waals surface area contributed by atoms with Crippen molar-refractivity contribution in [1.29, 1.82) is 0 Å². The Hall–Kier alpha value is -2.80. The second-order valence-electron chi connectivity index (χ2n) is 8.29. The number of benzene rings is 4.